The first-order valence-corrected chi connectivity index (χ1v) is 5.31. The van der Waals surface area contributed by atoms with Crippen molar-refractivity contribution in [2.45, 2.75) is 0 Å². The summed E-state index contributed by atoms with van der Waals surface area (Å²) in [4.78, 5) is 14.2. The van der Waals surface area contributed by atoms with Crippen LogP contribution in [-0.4, -0.2) is 44.1 Å². The number of nitro benzene ring substituents is 1. The van der Waals surface area contributed by atoms with Crippen LogP contribution < -0.4 is 10.6 Å². The van der Waals surface area contributed by atoms with Crippen molar-refractivity contribution in [2.24, 2.45) is 0 Å². The molecule has 0 radical (unpaired) electrons. The minimum Gasteiger partial charge on any atom is -0.397 e. The SMILES string of the molecule is CN(C)CCN(C)c1ccc([N+](=O)[O-])cc1N. The summed E-state index contributed by atoms with van der Waals surface area (Å²) in [5, 5.41) is 10.6. The number of nitro groups is 1. The minimum absolute atomic E-state index is 0.0206. The number of rotatable bonds is 5. The first kappa shape index (κ1) is 13.2. The standard InChI is InChI=1S/C11H18N4O2/c1-13(2)6-7-14(3)11-5-4-9(15(16)17)8-10(11)12/h4-5,8H,6-7,12H2,1-3H3. The predicted octanol–water partition coefficient (Wildman–Crippen LogP) is 1.17. The van der Waals surface area contributed by atoms with E-state index in [2.05, 4.69) is 4.90 Å². The average Bonchev–Trinajstić information content (AvgIpc) is 2.25. The molecule has 0 atom stereocenters. The first-order chi connectivity index (χ1) is 7.91. The van der Waals surface area contributed by atoms with Crippen molar-refractivity contribution in [3.63, 3.8) is 0 Å². The second-order valence-corrected chi connectivity index (χ2v) is 4.23. The lowest BCUT2D eigenvalue weighted by atomic mass is 10.2. The molecule has 0 bridgehead atoms. The van der Waals surface area contributed by atoms with Gasteiger partial charge >= 0.3 is 0 Å². The van der Waals surface area contributed by atoms with E-state index in [9.17, 15) is 10.1 Å². The molecule has 0 spiro atoms. The third kappa shape index (κ3) is 3.60. The van der Waals surface area contributed by atoms with Gasteiger partial charge in [-0.15, -0.1) is 0 Å². The lowest BCUT2D eigenvalue weighted by Crippen LogP contribution is -2.28. The van der Waals surface area contributed by atoms with Gasteiger partial charge in [0, 0.05) is 32.3 Å². The molecule has 0 saturated heterocycles. The largest absolute Gasteiger partial charge is 0.397 e. The zero-order valence-electron chi connectivity index (χ0n) is 10.4. The molecule has 0 aromatic heterocycles. The summed E-state index contributed by atoms with van der Waals surface area (Å²) < 4.78 is 0. The molecule has 0 heterocycles. The Morgan fingerprint density at radius 3 is 2.41 bits per heavy atom. The molecule has 0 saturated carbocycles. The van der Waals surface area contributed by atoms with Gasteiger partial charge in [-0.25, -0.2) is 0 Å². The Kier molecular flexibility index (Phi) is 4.28. The predicted molar refractivity (Wildman–Crippen MR) is 69.3 cm³/mol. The molecule has 0 fully saturated rings. The Morgan fingerprint density at radius 2 is 1.94 bits per heavy atom. The lowest BCUT2D eigenvalue weighted by Gasteiger charge is -2.22. The second kappa shape index (κ2) is 5.49. The van der Waals surface area contributed by atoms with Gasteiger partial charge in [0.1, 0.15) is 0 Å². The average molecular weight is 238 g/mol. The summed E-state index contributed by atoms with van der Waals surface area (Å²) in [5.41, 5.74) is 7.08. The summed E-state index contributed by atoms with van der Waals surface area (Å²) in [7, 11) is 5.90. The van der Waals surface area contributed by atoms with Gasteiger partial charge in [0.15, 0.2) is 0 Å². The van der Waals surface area contributed by atoms with Crippen LogP contribution in [0.3, 0.4) is 0 Å². The molecule has 0 unspecified atom stereocenters. The molecule has 17 heavy (non-hydrogen) atoms. The van der Waals surface area contributed by atoms with Gasteiger partial charge in [-0.2, -0.15) is 0 Å². The number of hydrogen-bond donors (Lipinski definition) is 1. The summed E-state index contributed by atoms with van der Waals surface area (Å²) in [6.45, 7) is 1.71. The zero-order valence-corrected chi connectivity index (χ0v) is 10.4. The maximum atomic E-state index is 10.6. The number of nitrogens with zero attached hydrogens (tertiary/aromatic N) is 3. The number of nitrogen functional groups attached to an aromatic ring is 1. The van der Waals surface area contributed by atoms with E-state index in [-0.39, 0.29) is 5.69 Å². The molecule has 0 aliphatic carbocycles. The summed E-state index contributed by atoms with van der Waals surface area (Å²) in [5.74, 6) is 0. The van der Waals surface area contributed by atoms with Gasteiger partial charge in [-0.3, -0.25) is 10.1 Å². The Hall–Kier alpha value is -1.82. The van der Waals surface area contributed by atoms with Gasteiger partial charge < -0.3 is 15.5 Å². The quantitative estimate of drug-likeness (QED) is 0.473. The van der Waals surface area contributed by atoms with E-state index in [0.717, 1.165) is 18.8 Å². The number of likely N-dealkylation sites (N-methyl/N-ethyl adjacent to an activating group) is 2. The van der Waals surface area contributed by atoms with Crippen molar-refractivity contribution in [1.82, 2.24) is 4.90 Å². The summed E-state index contributed by atoms with van der Waals surface area (Å²) >= 11 is 0. The van der Waals surface area contributed by atoms with Gasteiger partial charge in [0.05, 0.1) is 16.3 Å². The van der Waals surface area contributed by atoms with Gasteiger partial charge in [0.25, 0.3) is 5.69 Å². The molecule has 0 aliphatic rings. The van der Waals surface area contributed by atoms with Crippen LogP contribution in [0.25, 0.3) is 0 Å². The Balaban J connectivity index is 2.81. The molecule has 0 aliphatic heterocycles. The molecular formula is C11H18N4O2. The fourth-order valence-corrected chi connectivity index (χ4v) is 1.47. The Bertz CT molecular complexity index is 406. The van der Waals surface area contributed by atoms with Crippen LogP contribution in [0.1, 0.15) is 0 Å². The number of non-ortho nitro benzene ring substituents is 1. The third-order valence-corrected chi connectivity index (χ3v) is 2.52. The molecular weight excluding hydrogens is 220 g/mol. The van der Waals surface area contributed by atoms with Crippen molar-refractivity contribution < 1.29 is 4.92 Å². The van der Waals surface area contributed by atoms with Crippen molar-refractivity contribution in [2.75, 3.05) is 44.9 Å². The molecule has 6 nitrogen and oxygen atoms in total. The smallest absolute Gasteiger partial charge is 0.271 e. The highest BCUT2D eigenvalue weighted by Crippen LogP contribution is 2.26. The normalized spacial score (nSPS) is 10.6. The third-order valence-electron chi connectivity index (χ3n) is 2.52. The van der Waals surface area contributed by atoms with E-state index < -0.39 is 4.92 Å². The van der Waals surface area contributed by atoms with Crippen LogP contribution in [0.5, 0.6) is 0 Å². The second-order valence-electron chi connectivity index (χ2n) is 4.23. The van der Waals surface area contributed by atoms with Crippen LogP contribution >= 0.6 is 0 Å². The van der Waals surface area contributed by atoms with Gasteiger partial charge in [-0.05, 0) is 20.2 Å². The van der Waals surface area contributed by atoms with Crippen LogP contribution in [-0.2, 0) is 0 Å². The topological polar surface area (TPSA) is 75.6 Å². The molecule has 2 N–H and O–H groups in total. The fraction of sp³-hybridized carbons (Fsp3) is 0.455. The zero-order chi connectivity index (χ0) is 13.0. The van der Waals surface area contributed by atoms with Crippen LogP contribution in [0, 0.1) is 10.1 Å². The van der Waals surface area contributed by atoms with Crippen molar-refractivity contribution >= 4 is 17.1 Å². The molecule has 1 rings (SSSR count). The van der Waals surface area contributed by atoms with E-state index in [4.69, 9.17) is 5.73 Å². The lowest BCUT2D eigenvalue weighted by molar-refractivity contribution is -0.384. The van der Waals surface area contributed by atoms with E-state index in [0.29, 0.717) is 5.69 Å². The molecule has 0 amide bonds. The van der Waals surface area contributed by atoms with Crippen LogP contribution in [0.2, 0.25) is 0 Å². The summed E-state index contributed by atoms with van der Waals surface area (Å²) in [6.07, 6.45) is 0. The van der Waals surface area contributed by atoms with Crippen molar-refractivity contribution in [3.8, 4) is 0 Å². The summed E-state index contributed by atoms with van der Waals surface area (Å²) in [6, 6.07) is 4.54. The highest BCUT2D eigenvalue weighted by atomic mass is 16.6. The maximum absolute atomic E-state index is 10.6. The first-order valence-electron chi connectivity index (χ1n) is 5.31. The van der Waals surface area contributed by atoms with Crippen LogP contribution in [0.4, 0.5) is 17.1 Å². The minimum atomic E-state index is -0.444. The number of hydrogen-bond acceptors (Lipinski definition) is 5. The van der Waals surface area contributed by atoms with Gasteiger partial charge in [-0.1, -0.05) is 0 Å². The Morgan fingerprint density at radius 1 is 1.29 bits per heavy atom. The number of benzene rings is 1. The fourth-order valence-electron chi connectivity index (χ4n) is 1.47. The number of nitrogens with two attached hydrogens (primary N) is 1. The van der Waals surface area contributed by atoms with E-state index in [1.165, 1.54) is 12.1 Å². The monoisotopic (exact) mass is 238 g/mol. The molecule has 6 heteroatoms. The Labute approximate surface area is 101 Å². The molecule has 94 valence electrons. The maximum Gasteiger partial charge on any atom is 0.271 e. The highest BCUT2D eigenvalue weighted by Gasteiger charge is 2.11. The van der Waals surface area contributed by atoms with Crippen molar-refractivity contribution in [1.29, 1.82) is 0 Å². The van der Waals surface area contributed by atoms with Crippen molar-refractivity contribution in [3.05, 3.63) is 28.3 Å². The highest BCUT2D eigenvalue weighted by molar-refractivity contribution is 5.70. The van der Waals surface area contributed by atoms with E-state index >= 15 is 0 Å². The molecule has 1 aromatic carbocycles. The van der Waals surface area contributed by atoms with Crippen LogP contribution in [0.15, 0.2) is 18.2 Å². The van der Waals surface area contributed by atoms with E-state index in [1.54, 1.807) is 6.07 Å². The molecule has 1 aromatic rings. The van der Waals surface area contributed by atoms with E-state index in [1.807, 2.05) is 26.0 Å². The number of anilines is 2. The van der Waals surface area contributed by atoms with Gasteiger partial charge in [0.2, 0.25) is 0 Å².